The predicted molar refractivity (Wildman–Crippen MR) is 106 cm³/mol. The smallest absolute Gasteiger partial charge is 0.258 e. The van der Waals surface area contributed by atoms with E-state index in [1.165, 1.54) is 0 Å². The maximum absolute atomic E-state index is 12.3. The Morgan fingerprint density at radius 3 is 2.63 bits per heavy atom. The van der Waals surface area contributed by atoms with E-state index in [0.717, 1.165) is 11.1 Å². The summed E-state index contributed by atoms with van der Waals surface area (Å²) >= 11 is 6.11. The Kier molecular flexibility index (Phi) is 5.77. The average molecular weight is 408 g/mol. The van der Waals surface area contributed by atoms with E-state index in [1.54, 1.807) is 19.1 Å². The van der Waals surface area contributed by atoms with Crippen molar-refractivity contribution in [2.75, 3.05) is 18.1 Å². The zero-order valence-electron chi connectivity index (χ0n) is 15.1. The fourth-order valence-electron chi connectivity index (χ4n) is 3.27. The molecule has 1 aliphatic heterocycles. The van der Waals surface area contributed by atoms with Crippen molar-refractivity contribution in [2.45, 2.75) is 25.3 Å². The normalized spacial score (nSPS) is 21.0. The lowest BCUT2D eigenvalue weighted by Crippen LogP contribution is -2.48. The molecule has 2 aromatic rings. The second-order valence-corrected chi connectivity index (χ2v) is 9.77. The Morgan fingerprint density at radius 2 is 1.96 bits per heavy atom. The number of nitrogens with one attached hydrogen (secondary N) is 1. The predicted octanol–water partition coefficient (Wildman–Crippen LogP) is 3.00. The van der Waals surface area contributed by atoms with E-state index in [0.29, 0.717) is 23.6 Å². The summed E-state index contributed by atoms with van der Waals surface area (Å²) in [6.45, 7) is 1.57. The van der Waals surface area contributed by atoms with Crippen LogP contribution in [0, 0.1) is 0 Å². The first-order valence-electron chi connectivity index (χ1n) is 8.71. The fourth-order valence-corrected chi connectivity index (χ4v) is 5.56. The number of hydrogen-bond acceptors (Lipinski definition) is 4. The van der Waals surface area contributed by atoms with Gasteiger partial charge in [-0.15, -0.1) is 0 Å². The van der Waals surface area contributed by atoms with E-state index in [-0.39, 0.29) is 24.0 Å². The van der Waals surface area contributed by atoms with Crippen molar-refractivity contribution < 1.29 is 17.9 Å². The zero-order valence-corrected chi connectivity index (χ0v) is 16.6. The van der Waals surface area contributed by atoms with Crippen LogP contribution in [0.2, 0.25) is 5.02 Å². The molecular formula is C20H22ClNO4S. The quantitative estimate of drug-likeness (QED) is 0.798. The fraction of sp³-hybridized carbons (Fsp3) is 0.350. The Labute approximate surface area is 164 Å². The number of carbonyl (C=O) groups is 1. The molecule has 0 radical (unpaired) electrons. The summed E-state index contributed by atoms with van der Waals surface area (Å²) in [5.74, 6) is 0.312. The molecule has 1 amide bonds. The van der Waals surface area contributed by atoms with Gasteiger partial charge in [-0.2, -0.15) is 0 Å². The van der Waals surface area contributed by atoms with E-state index in [4.69, 9.17) is 16.3 Å². The van der Waals surface area contributed by atoms with Gasteiger partial charge in [0.25, 0.3) is 5.91 Å². The number of carbonyl (C=O) groups excluding carboxylic acids is 1. The first-order chi connectivity index (χ1) is 12.7. The molecule has 2 aromatic carbocycles. The number of halogens is 1. The molecule has 5 nitrogen and oxygen atoms in total. The first-order valence-corrected chi connectivity index (χ1v) is 10.9. The van der Waals surface area contributed by atoms with Gasteiger partial charge < -0.3 is 10.1 Å². The third-order valence-corrected chi connectivity index (χ3v) is 6.70. The monoisotopic (exact) mass is 407 g/mol. The number of rotatable bonds is 6. The van der Waals surface area contributed by atoms with Crippen LogP contribution in [0.1, 0.15) is 24.5 Å². The molecule has 0 aromatic heterocycles. The van der Waals surface area contributed by atoms with Crippen LogP contribution >= 0.6 is 11.6 Å². The highest BCUT2D eigenvalue weighted by Gasteiger charge is 2.39. The molecule has 3 rings (SSSR count). The summed E-state index contributed by atoms with van der Waals surface area (Å²) in [6, 6.07) is 15.2. The third kappa shape index (κ3) is 5.47. The van der Waals surface area contributed by atoms with Crippen molar-refractivity contribution in [1.82, 2.24) is 5.32 Å². The van der Waals surface area contributed by atoms with E-state index in [9.17, 15) is 13.2 Å². The van der Waals surface area contributed by atoms with Crippen molar-refractivity contribution in [3.63, 3.8) is 0 Å². The topological polar surface area (TPSA) is 72.5 Å². The van der Waals surface area contributed by atoms with Gasteiger partial charge in [-0.3, -0.25) is 4.79 Å². The Morgan fingerprint density at radius 1 is 1.22 bits per heavy atom. The lowest BCUT2D eigenvalue weighted by molar-refractivity contribution is -0.124. The SMILES string of the molecule is CC1(NC(=O)COc2ccc(Cl)cc2Cc2ccccc2)CCS(=O)(=O)C1. The molecule has 1 fully saturated rings. The van der Waals surface area contributed by atoms with Crippen LogP contribution in [-0.4, -0.2) is 38.0 Å². The molecule has 1 aliphatic rings. The van der Waals surface area contributed by atoms with Crippen molar-refractivity contribution in [3.8, 4) is 5.75 Å². The molecule has 1 heterocycles. The molecular weight excluding hydrogens is 386 g/mol. The molecule has 0 spiro atoms. The van der Waals surface area contributed by atoms with E-state index in [2.05, 4.69) is 5.32 Å². The highest BCUT2D eigenvalue weighted by atomic mass is 35.5. The standard InChI is InChI=1S/C20H22ClNO4S/c1-20(9-10-27(24,25)14-20)22-19(23)13-26-18-8-7-17(21)12-16(18)11-15-5-3-2-4-6-15/h2-8,12H,9-11,13-14H2,1H3,(H,22,23). The van der Waals surface area contributed by atoms with Gasteiger partial charge in [-0.25, -0.2) is 8.42 Å². The van der Waals surface area contributed by atoms with E-state index < -0.39 is 15.4 Å². The minimum atomic E-state index is -3.08. The maximum Gasteiger partial charge on any atom is 0.258 e. The van der Waals surface area contributed by atoms with Crippen LogP contribution in [0.25, 0.3) is 0 Å². The van der Waals surface area contributed by atoms with E-state index in [1.807, 2.05) is 36.4 Å². The second-order valence-electron chi connectivity index (χ2n) is 7.15. The van der Waals surface area contributed by atoms with Crippen molar-refractivity contribution >= 4 is 27.3 Å². The van der Waals surface area contributed by atoms with Crippen LogP contribution in [0.4, 0.5) is 0 Å². The number of amides is 1. The molecule has 0 aliphatic carbocycles. The molecule has 7 heteroatoms. The minimum Gasteiger partial charge on any atom is -0.483 e. The van der Waals surface area contributed by atoms with Gasteiger partial charge in [0.15, 0.2) is 16.4 Å². The van der Waals surface area contributed by atoms with Gasteiger partial charge in [0.1, 0.15) is 5.75 Å². The Balaban J connectivity index is 1.65. The minimum absolute atomic E-state index is 0.0358. The van der Waals surface area contributed by atoms with Crippen LogP contribution in [0.3, 0.4) is 0 Å². The highest BCUT2D eigenvalue weighted by molar-refractivity contribution is 7.91. The molecule has 0 bridgehead atoms. The summed E-state index contributed by atoms with van der Waals surface area (Å²) < 4.78 is 29.0. The molecule has 27 heavy (non-hydrogen) atoms. The lowest BCUT2D eigenvalue weighted by Gasteiger charge is -2.24. The Hall–Kier alpha value is -2.05. The van der Waals surface area contributed by atoms with Crippen LogP contribution in [0.5, 0.6) is 5.75 Å². The van der Waals surface area contributed by atoms with Crippen molar-refractivity contribution in [3.05, 3.63) is 64.7 Å². The van der Waals surface area contributed by atoms with Crippen molar-refractivity contribution in [2.24, 2.45) is 0 Å². The van der Waals surface area contributed by atoms with Gasteiger partial charge in [-0.05, 0) is 42.7 Å². The molecule has 1 atom stereocenters. The summed E-state index contributed by atoms with van der Waals surface area (Å²) in [4.78, 5) is 12.3. The molecule has 1 unspecified atom stereocenters. The van der Waals surface area contributed by atoms with E-state index >= 15 is 0 Å². The van der Waals surface area contributed by atoms with Gasteiger partial charge >= 0.3 is 0 Å². The number of sulfone groups is 1. The summed E-state index contributed by atoms with van der Waals surface area (Å²) in [5.41, 5.74) is 1.26. The van der Waals surface area contributed by atoms with Crippen LogP contribution in [-0.2, 0) is 21.1 Å². The van der Waals surface area contributed by atoms with Crippen LogP contribution in [0.15, 0.2) is 48.5 Å². The van der Waals surface area contributed by atoms with Gasteiger partial charge in [-0.1, -0.05) is 41.9 Å². The largest absolute Gasteiger partial charge is 0.483 e. The summed E-state index contributed by atoms with van der Waals surface area (Å²) in [7, 11) is -3.08. The number of ether oxygens (including phenoxy) is 1. The van der Waals surface area contributed by atoms with Crippen LogP contribution < -0.4 is 10.1 Å². The maximum atomic E-state index is 12.3. The van der Waals surface area contributed by atoms with Gasteiger partial charge in [0.2, 0.25) is 0 Å². The number of benzene rings is 2. The molecule has 0 saturated carbocycles. The molecule has 1 N–H and O–H groups in total. The lowest BCUT2D eigenvalue weighted by atomic mass is 10.0. The Bertz CT molecular complexity index is 930. The highest BCUT2D eigenvalue weighted by Crippen LogP contribution is 2.26. The first kappa shape index (κ1) is 19.7. The summed E-state index contributed by atoms with van der Waals surface area (Å²) in [5, 5.41) is 3.39. The molecule has 1 saturated heterocycles. The molecule has 144 valence electrons. The van der Waals surface area contributed by atoms with Gasteiger partial charge in [0, 0.05) is 11.4 Å². The van der Waals surface area contributed by atoms with Gasteiger partial charge in [0.05, 0.1) is 17.0 Å². The zero-order chi connectivity index (χ0) is 19.5. The second kappa shape index (κ2) is 7.90. The third-order valence-electron chi connectivity index (χ3n) is 4.56. The number of hydrogen-bond donors (Lipinski definition) is 1. The van der Waals surface area contributed by atoms with Crippen molar-refractivity contribution in [1.29, 1.82) is 0 Å². The summed E-state index contributed by atoms with van der Waals surface area (Å²) in [6.07, 6.45) is 1.05. The average Bonchev–Trinajstić information content (AvgIpc) is 2.88.